The van der Waals surface area contributed by atoms with Gasteiger partial charge in [-0.05, 0) is 31.0 Å². The summed E-state index contributed by atoms with van der Waals surface area (Å²) in [5.74, 6) is -0.167. The molecule has 2 atom stereocenters. The molecule has 1 saturated heterocycles. The number of aromatic amines is 1. The number of amides is 1. The molecule has 0 unspecified atom stereocenters. The second kappa shape index (κ2) is 13.0. The Morgan fingerprint density at radius 1 is 1.12 bits per heavy atom. The first-order chi connectivity index (χ1) is 20.3. The maximum atomic E-state index is 12.9. The van der Waals surface area contributed by atoms with Crippen molar-refractivity contribution < 1.29 is 19.4 Å². The van der Waals surface area contributed by atoms with Crippen molar-refractivity contribution in [1.82, 2.24) is 20.5 Å². The van der Waals surface area contributed by atoms with E-state index in [9.17, 15) is 14.7 Å². The molecular weight excluding hydrogens is 581 g/mol. The van der Waals surface area contributed by atoms with Crippen molar-refractivity contribution in [1.29, 1.82) is 0 Å². The number of hydrogen-bond acceptors (Lipinski definition) is 8. The third-order valence-electron chi connectivity index (χ3n) is 7.10. The molecule has 1 aliphatic heterocycles. The quantitative estimate of drug-likeness (QED) is 0.227. The van der Waals surface area contributed by atoms with Gasteiger partial charge in [0.25, 0.3) is 11.5 Å². The molecule has 0 radical (unpaired) electrons. The van der Waals surface area contributed by atoms with Gasteiger partial charge in [-0.15, -0.1) is 0 Å². The maximum absolute atomic E-state index is 12.9. The Balaban J connectivity index is 1.42. The van der Waals surface area contributed by atoms with Crippen molar-refractivity contribution in [2.45, 2.75) is 32.0 Å². The van der Waals surface area contributed by atoms with E-state index in [0.29, 0.717) is 70.7 Å². The lowest BCUT2D eigenvalue weighted by Crippen LogP contribution is -2.46. The number of carbonyl (C=O) groups excluding carboxylic acids is 1. The average Bonchev–Trinajstić information content (AvgIpc) is 2.98. The van der Waals surface area contributed by atoms with Crippen LogP contribution in [0.5, 0.6) is 5.88 Å². The highest BCUT2D eigenvalue weighted by atomic mass is 35.5. The van der Waals surface area contributed by atoms with Crippen LogP contribution in [0.25, 0.3) is 22.4 Å². The third kappa shape index (κ3) is 6.18. The van der Waals surface area contributed by atoms with Gasteiger partial charge in [-0.1, -0.05) is 59.6 Å². The Bertz CT molecular complexity index is 1680. The van der Waals surface area contributed by atoms with E-state index >= 15 is 0 Å². The number of rotatable bonds is 8. The summed E-state index contributed by atoms with van der Waals surface area (Å²) in [7, 11) is 1.55. The van der Waals surface area contributed by atoms with Gasteiger partial charge >= 0.3 is 0 Å². The summed E-state index contributed by atoms with van der Waals surface area (Å²) in [6, 6.07) is 14.4. The molecule has 4 aromatic rings. The van der Waals surface area contributed by atoms with Gasteiger partial charge in [0, 0.05) is 41.4 Å². The molecule has 5 rings (SSSR count). The van der Waals surface area contributed by atoms with Crippen LogP contribution in [-0.4, -0.2) is 58.7 Å². The number of pyridine rings is 1. The number of nitrogens with zero attached hydrogens (tertiary/aromatic N) is 2. The van der Waals surface area contributed by atoms with E-state index in [0.717, 1.165) is 5.56 Å². The number of halogens is 2. The largest absolute Gasteiger partial charge is 0.481 e. The van der Waals surface area contributed by atoms with Crippen molar-refractivity contribution in [3.63, 3.8) is 0 Å². The molecule has 0 saturated carbocycles. The monoisotopic (exact) mass is 609 g/mol. The fourth-order valence-corrected chi connectivity index (χ4v) is 5.46. The van der Waals surface area contributed by atoms with E-state index in [1.54, 1.807) is 32.2 Å². The summed E-state index contributed by atoms with van der Waals surface area (Å²) in [6.45, 7) is 3.00. The maximum Gasteiger partial charge on any atom is 0.277 e. The lowest BCUT2D eigenvalue weighted by atomic mass is 10.00. The standard InChI is InChI=1S/C30H29Cl2N5O5/c1-16-13-34-37-29(40)25(16)28(39)35-23-8-4-6-19(27(23)32)18-5-3-7-20(26(18)31)21-10-9-17(30(36-21)41-2)14-33-22-11-12-42-15-24(22)38/h3-10,13,22,24,33,38H,11-12,14-15H2,1-2H3,(H,35,39)(H,37,40)/t22-,24+/m1/s1. The van der Waals surface area contributed by atoms with Crippen LogP contribution in [0.4, 0.5) is 5.69 Å². The number of anilines is 1. The Hall–Kier alpha value is -3.80. The van der Waals surface area contributed by atoms with E-state index in [4.69, 9.17) is 37.7 Å². The highest BCUT2D eigenvalue weighted by molar-refractivity contribution is 6.39. The van der Waals surface area contributed by atoms with Gasteiger partial charge in [-0.3, -0.25) is 9.59 Å². The van der Waals surface area contributed by atoms with E-state index in [-0.39, 0.29) is 16.6 Å². The fraction of sp³-hybridized carbons (Fsp3) is 0.267. The normalized spacial score (nSPS) is 16.7. The van der Waals surface area contributed by atoms with Crippen molar-refractivity contribution in [2.75, 3.05) is 25.6 Å². The van der Waals surface area contributed by atoms with Crippen molar-refractivity contribution >= 4 is 34.8 Å². The van der Waals surface area contributed by atoms with Crippen LogP contribution >= 0.6 is 23.2 Å². The van der Waals surface area contributed by atoms with Crippen molar-refractivity contribution in [2.24, 2.45) is 0 Å². The zero-order chi connectivity index (χ0) is 29.8. The predicted molar refractivity (Wildman–Crippen MR) is 161 cm³/mol. The van der Waals surface area contributed by atoms with Crippen LogP contribution in [0.15, 0.2) is 59.5 Å². The Morgan fingerprint density at radius 2 is 1.86 bits per heavy atom. The first-order valence-corrected chi connectivity index (χ1v) is 14.0. The topological polar surface area (TPSA) is 138 Å². The van der Waals surface area contributed by atoms with Crippen LogP contribution in [-0.2, 0) is 11.3 Å². The Morgan fingerprint density at radius 3 is 2.60 bits per heavy atom. The summed E-state index contributed by atoms with van der Waals surface area (Å²) in [6.07, 6.45) is 1.55. The van der Waals surface area contributed by atoms with Crippen LogP contribution in [0.1, 0.15) is 27.9 Å². The zero-order valence-corrected chi connectivity index (χ0v) is 24.4. The number of hydrogen-bond donors (Lipinski definition) is 4. The lowest BCUT2D eigenvalue weighted by Gasteiger charge is -2.28. The van der Waals surface area contributed by atoms with Gasteiger partial charge in [-0.2, -0.15) is 5.10 Å². The number of methoxy groups -OCH3 is 1. The molecule has 10 nitrogen and oxygen atoms in total. The number of nitrogens with one attached hydrogen (secondary N) is 3. The van der Waals surface area contributed by atoms with Gasteiger partial charge in [0.05, 0.1) is 47.4 Å². The van der Waals surface area contributed by atoms with Gasteiger partial charge in [0.1, 0.15) is 5.56 Å². The summed E-state index contributed by atoms with van der Waals surface area (Å²) in [4.78, 5) is 29.8. The molecule has 0 bridgehead atoms. The molecule has 3 heterocycles. The molecule has 42 heavy (non-hydrogen) atoms. The van der Waals surface area contributed by atoms with Gasteiger partial charge in [-0.25, -0.2) is 10.1 Å². The number of aryl methyl sites for hydroxylation is 1. The number of ether oxygens (including phenoxy) is 2. The van der Waals surface area contributed by atoms with Crippen molar-refractivity contribution in [3.05, 3.63) is 91.8 Å². The minimum Gasteiger partial charge on any atom is -0.481 e. The van der Waals surface area contributed by atoms with E-state index in [2.05, 4.69) is 20.8 Å². The van der Waals surface area contributed by atoms with Gasteiger partial charge in [0.2, 0.25) is 5.88 Å². The summed E-state index contributed by atoms with van der Waals surface area (Å²) in [5, 5.41) is 22.9. The molecule has 2 aromatic carbocycles. The van der Waals surface area contributed by atoms with E-state index in [1.807, 2.05) is 30.3 Å². The fourth-order valence-electron chi connectivity index (χ4n) is 4.86. The molecule has 2 aromatic heterocycles. The number of carbonyl (C=O) groups is 1. The van der Waals surface area contributed by atoms with Crippen molar-refractivity contribution in [3.8, 4) is 28.3 Å². The molecule has 4 N–H and O–H groups in total. The summed E-state index contributed by atoms with van der Waals surface area (Å²) >= 11 is 13.7. The number of aliphatic hydroxyl groups is 1. The molecule has 0 aliphatic carbocycles. The number of aliphatic hydroxyl groups excluding tert-OH is 1. The number of benzene rings is 2. The minimum atomic E-state index is -0.604. The number of H-pyrrole nitrogens is 1. The van der Waals surface area contributed by atoms with Crippen LogP contribution in [0.2, 0.25) is 10.0 Å². The second-order valence-corrected chi connectivity index (χ2v) is 10.6. The minimum absolute atomic E-state index is 0.0471. The number of aromatic nitrogens is 3. The van der Waals surface area contributed by atoms with Crippen LogP contribution in [0, 0.1) is 6.92 Å². The van der Waals surface area contributed by atoms with Gasteiger partial charge < -0.3 is 25.2 Å². The molecule has 1 fully saturated rings. The molecule has 1 aliphatic rings. The molecule has 218 valence electrons. The molecule has 1 amide bonds. The second-order valence-electron chi connectivity index (χ2n) is 9.83. The van der Waals surface area contributed by atoms with Gasteiger partial charge in [0.15, 0.2) is 0 Å². The lowest BCUT2D eigenvalue weighted by molar-refractivity contribution is -0.0281. The highest BCUT2D eigenvalue weighted by Crippen LogP contribution is 2.41. The summed E-state index contributed by atoms with van der Waals surface area (Å²) in [5.41, 5.74) is 3.43. The third-order valence-corrected chi connectivity index (χ3v) is 7.91. The first kappa shape index (κ1) is 29.7. The predicted octanol–water partition coefficient (Wildman–Crippen LogP) is 4.61. The van der Waals surface area contributed by atoms with E-state index < -0.39 is 17.6 Å². The van der Waals surface area contributed by atoms with Crippen LogP contribution < -0.4 is 20.9 Å². The highest BCUT2D eigenvalue weighted by Gasteiger charge is 2.24. The van der Waals surface area contributed by atoms with Crippen LogP contribution in [0.3, 0.4) is 0 Å². The summed E-state index contributed by atoms with van der Waals surface area (Å²) < 4.78 is 10.9. The Kier molecular flexibility index (Phi) is 9.20. The molecule has 0 spiro atoms. The molecule has 12 heteroatoms. The smallest absolute Gasteiger partial charge is 0.277 e. The molecular formula is C30H29Cl2N5O5. The average molecular weight is 610 g/mol. The SMILES string of the molecule is COc1nc(-c2cccc(-c3cccc(NC(=O)c4c(C)cn[nH]c4=O)c3Cl)c2Cl)ccc1CN[C@@H]1CCOC[C@@H]1O. The van der Waals surface area contributed by atoms with E-state index in [1.165, 1.54) is 6.20 Å². The zero-order valence-electron chi connectivity index (χ0n) is 22.9. The Labute approximate surface area is 252 Å². The first-order valence-electron chi connectivity index (χ1n) is 13.2.